The topological polar surface area (TPSA) is 21.6 Å². The highest BCUT2D eigenvalue weighted by molar-refractivity contribution is 5.82. The van der Waals surface area contributed by atoms with Crippen LogP contribution in [0.2, 0.25) is 0 Å². The van der Waals surface area contributed by atoms with Gasteiger partial charge >= 0.3 is 6.18 Å². The minimum absolute atomic E-state index is 0.135. The minimum Gasteiger partial charge on any atom is -0.382 e. The standard InChI is InChI=1S/C5H6F3NO/c1-3-2-4(10-9-3)5(6,7)8/h4H,2H2,1H3. The van der Waals surface area contributed by atoms with Crippen LogP contribution in [-0.2, 0) is 4.84 Å². The number of hydrogen-bond donors (Lipinski definition) is 0. The second-order valence-corrected chi connectivity index (χ2v) is 2.17. The minimum atomic E-state index is -4.28. The zero-order valence-corrected chi connectivity index (χ0v) is 5.27. The fraction of sp³-hybridized carbons (Fsp3) is 0.800. The summed E-state index contributed by atoms with van der Waals surface area (Å²) >= 11 is 0. The van der Waals surface area contributed by atoms with E-state index in [2.05, 4.69) is 9.99 Å². The summed E-state index contributed by atoms with van der Waals surface area (Å²) in [4.78, 5) is 4.09. The third kappa shape index (κ3) is 1.40. The molecule has 1 unspecified atom stereocenters. The summed E-state index contributed by atoms with van der Waals surface area (Å²) in [6, 6.07) is 0. The Labute approximate surface area is 55.7 Å². The smallest absolute Gasteiger partial charge is 0.382 e. The van der Waals surface area contributed by atoms with E-state index in [9.17, 15) is 13.2 Å². The lowest BCUT2D eigenvalue weighted by molar-refractivity contribution is -0.212. The molecule has 0 spiro atoms. The molecule has 0 fully saturated rings. The molecule has 1 aliphatic heterocycles. The SMILES string of the molecule is CC1=NOC(C(F)(F)F)C1. The maximum absolute atomic E-state index is 11.7. The summed E-state index contributed by atoms with van der Waals surface area (Å²) in [5.41, 5.74) is 0.391. The monoisotopic (exact) mass is 153 g/mol. The lowest BCUT2D eigenvalue weighted by Gasteiger charge is -2.10. The molecule has 0 aromatic carbocycles. The molecule has 1 heterocycles. The van der Waals surface area contributed by atoms with E-state index >= 15 is 0 Å². The van der Waals surface area contributed by atoms with Crippen LogP contribution in [0.25, 0.3) is 0 Å². The molecule has 2 nitrogen and oxygen atoms in total. The molecule has 0 bridgehead atoms. The van der Waals surface area contributed by atoms with Crippen molar-refractivity contribution in [3.63, 3.8) is 0 Å². The summed E-state index contributed by atoms with van der Waals surface area (Å²) in [7, 11) is 0. The Morgan fingerprint density at radius 2 is 2.20 bits per heavy atom. The van der Waals surface area contributed by atoms with Crippen molar-refractivity contribution >= 4 is 5.71 Å². The maximum Gasteiger partial charge on any atom is 0.428 e. The molecule has 0 radical (unpaired) electrons. The van der Waals surface area contributed by atoms with Crippen LogP contribution >= 0.6 is 0 Å². The maximum atomic E-state index is 11.7. The fourth-order valence-corrected chi connectivity index (χ4v) is 0.672. The first-order valence-electron chi connectivity index (χ1n) is 2.76. The lowest BCUT2D eigenvalue weighted by atomic mass is 10.2. The molecular weight excluding hydrogens is 147 g/mol. The average molecular weight is 153 g/mol. The summed E-state index contributed by atoms with van der Waals surface area (Å²) in [6.45, 7) is 1.51. The van der Waals surface area contributed by atoms with E-state index in [1.54, 1.807) is 0 Å². The Morgan fingerprint density at radius 1 is 1.60 bits per heavy atom. The van der Waals surface area contributed by atoms with Crippen molar-refractivity contribution < 1.29 is 18.0 Å². The Bertz CT molecular complexity index is 163. The van der Waals surface area contributed by atoms with Gasteiger partial charge in [-0.25, -0.2) is 0 Å². The van der Waals surface area contributed by atoms with Crippen molar-refractivity contribution in [1.82, 2.24) is 0 Å². The highest BCUT2D eigenvalue weighted by Gasteiger charge is 2.44. The van der Waals surface area contributed by atoms with Crippen LogP contribution in [0.1, 0.15) is 13.3 Å². The predicted molar refractivity (Wildman–Crippen MR) is 28.7 cm³/mol. The first-order valence-corrected chi connectivity index (χ1v) is 2.76. The van der Waals surface area contributed by atoms with Crippen molar-refractivity contribution in [2.24, 2.45) is 5.16 Å². The first-order chi connectivity index (χ1) is 4.50. The van der Waals surface area contributed by atoms with Crippen LogP contribution in [0.3, 0.4) is 0 Å². The largest absolute Gasteiger partial charge is 0.428 e. The Morgan fingerprint density at radius 3 is 2.40 bits per heavy atom. The summed E-state index contributed by atoms with van der Waals surface area (Å²) in [5, 5.41) is 3.18. The predicted octanol–water partition coefficient (Wildman–Crippen LogP) is 1.71. The van der Waals surface area contributed by atoms with E-state index in [1.807, 2.05) is 0 Å². The van der Waals surface area contributed by atoms with Gasteiger partial charge in [0.05, 0.1) is 5.71 Å². The average Bonchev–Trinajstić information content (AvgIpc) is 2.11. The van der Waals surface area contributed by atoms with Gasteiger partial charge in [0.15, 0.2) is 0 Å². The van der Waals surface area contributed by atoms with E-state index in [1.165, 1.54) is 6.92 Å². The van der Waals surface area contributed by atoms with Gasteiger partial charge in [0.2, 0.25) is 6.10 Å². The van der Waals surface area contributed by atoms with E-state index < -0.39 is 12.3 Å². The molecule has 0 saturated carbocycles. The van der Waals surface area contributed by atoms with Crippen LogP contribution in [-0.4, -0.2) is 18.0 Å². The number of rotatable bonds is 0. The van der Waals surface area contributed by atoms with Crippen molar-refractivity contribution in [2.45, 2.75) is 25.6 Å². The molecule has 1 rings (SSSR count). The van der Waals surface area contributed by atoms with Crippen LogP contribution in [0.15, 0.2) is 5.16 Å². The van der Waals surface area contributed by atoms with Crippen LogP contribution in [0.4, 0.5) is 13.2 Å². The van der Waals surface area contributed by atoms with E-state index in [4.69, 9.17) is 0 Å². The van der Waals surface area contributed by atoms with Gasteiger partial charge in [0, 0.05) is 6.42 Å². The van der Waals surface area contributed by atoms with E-state index in [-0.39, 0.29) is 6.42 Å². The van der Waals surface area contributed by atoms with Gasteiger partial charge in [-0.3, -0.25) is 0 Å². The Hall–Kier alpha value is -0.740. The van der Waals surface area contributed by atoms with Gasteiger partial charge in [0.1, 0.15) is 0 Å². The van der Waals surface area contributed by atoms with Crippen molar-refractivity contribution in [3.8, 4) is 0 Å². The zero-order valence-electron chi connectivity index (χ0n) is 5.27. The zero-order chi connectivity index (χ0) is 7.78. The van der Waals surface area contributed by atoms with E-state index in [0.717, 1.165) is 0 Å². The molecule has 0 aliphatic carbocycles. The first kappa shape index (κ1) is 7.37. The second-order valence-electron chi connectivity index (χ2n) is 2.17. The van der Waals surface area contributed by atoms with Gasteiger partial charge in [-0.2, -0.15) is 13.2 Å². The van der Waals surface area contributed by atoms with Crippen LogP contribution in [0.5, 0.6) is 0 Å². The number of oxime groups is 1. The molecule has 0 aromatic heterocycles. The molecule has 58 valence electrons. The molecule has 5 heteroatoms. The summed E-state index contributed by atoms with van der Waals surface area (Å²) < 4.78 is 35.2. The van der Waals surface area contributed by atoms with Crippen molar-refractivity contribution in [3.05, 3.63) is 0 Å². The molecule has 10 heavy (non-hydrogen) atoms. The summed E-state index contributed by atoms with van der Waals surface area (Å²) in [5.74, 6) is 0. The van der Waals surface area contributed by atoms with Crippen molar-refractivity contribution in [1.29, 1.82) is 0 Å². The molecule has 1 atom stereocenters. The number of halogens is 3. The van der Waals surface area contributed by atoms with Gasteiger partial charge in [0.25, 0.3) is 0 Å². The van der Waals surface area contributed by atoms with Gasteiger partial charge in [-0.15, -0.1) is 0 Å². The molecule has 0 aromatic rings. The lowest BCUT2D eigenvalue weighted by Crippen LogP contribution is -2.28. The van der Waals surface area contributed by atoms with Gasteiger partial charge in [-0.05, 0) is 6.92 Å². The fourth-order valence-electron chi connectivity index (χ4n) is 0.672. The third-order valence-electron chi connectivity index (χ3n) is 1.18. The quantitative estimate of drug-likeness (QED) is 0.519. The normalized spacial score (nSPS) is 26.0. The third-order valence-corrected chi connectivity index (χ3v) is 1.18. The van der Waals surface area contributed by atoms with Crippen LogP contribution < -0.4 is 0 Å². The van der Waals surface area contributed by atoms with Crippen LogP contribution in [0, 0.1) is 0 Å². The Balaban J connectivity index is 2.50. The number of alkyl halides is 3. The molecule has 1 aliphatic rings. The van der Waals surface area contributed by atoms with Gasteiger partial charge in [-0.1, -0.05) is 5.16 Å². The Kier molecular flexibility index (Phi) is 1.58. The molecule has 0 N–H and O–H groups in total. The van der Waals surface area contributed by atoms with Gasteiger partial charge < -0.3 is 4.84 Å². The van der Waals surface area contributed by atoms with Crippen molar-refractivity contribution in [2.75, 3.05) is 0 Å². The highest BCUT2D eigenvalue weighted by Crippen LogP contribution is 2.28. The second kappa shape index (κ2) is 2.14. The molecular formula is C5H6F3NO. The molecule has 0 amide bonds. The highest BCUT2D eigenvalue weighted by atomic mass is 19.4. The summed E-state index contributed by atoms with van der Waals surface area (Å²) in [6.07, 6.45) is -6.13. The van der Waals surface area contributed by atoms with E-state index in [0.29, 0.717) is 5.71 Å². The number of hydrogen-bond acceptors (Lipinski definition) is 2. The molecule has 0 saturated heterocycles. The number of nitrogens with zero attached hydrogens (tertiary/aromatic N) is 1.